The largest absolute Gasteiger partial charge is 0.336 e. The summed E-state index contributed by atoms with van der Waals surface area (Å²) in [5.74, 6) is 0.318. The minimum atomic E-state index is -3.69. The van der Waals surface area contributed by atoms with Crippen LogP contribution in [-0.2, 0) is 10.0 Å². The number of amides is 1. The lowest BCUT2D eigenvalue weighted by Gasteiger charge is -2.34. The first-order valence-corrected chi connectivity index (χ1v) is 12.9. The van der Waals surface area contributed by atoms with Gasteiger partial charge in [0, 0.05) is 55.4 Å². The smallest absolute Gasteiger partial charge is 0.257 e. The van der Waals surface area contributed by atoms with Gasteiger partial charge in [0.2, 0.25) is 10.0 Å². The Bertz CT molecular complexity index is 1520. The van der Waals surface area contributed by atoms with Crippen LogP contribution in [0.15, 0.2) is 72.0 Å². The third-order valence-electron chi connectivity index (χ3n) is 6.09. The van der Waals surface area contributed by atoms with Crippen molar-refractivity contribution in [1.82, 2.24) is 24.2 Å². The lowest BCUT2D eigenvalue weighted by Crippen LogP contribution is -2.50. The topological polar surface area (TPSA) is 96.4 Å². The SMILES string of the molecule is Cc1nc(-c2ccncc2)ncc1C(=O)N1CCN(S(=O)(=O)c2ccc3cc(Cl)ccc3c2)CC1. The Morgan fingerprint density at radius 2 is 1.63 bits per heavy atom. The Morgan fingerprint density at radius 1 is 0.943 bits per heavy atom. The van der Waals surface area contributed by atoms with Crippen molar-refractivity contribution < 1.29 is 13.2 Å². The molecule has 1 fully saturated rings. The van der Waals surface area contributed by atoms with Crippen LogP contribution < -0.4 is 0 Å². The Kier molecular flexibility index (Phi) is 6.22. The van der Waals surface area contributed by atoms with Gasteiger partial charge in [-0.15, -0.1) is 0 Å². The predicted octanol–water partition coefficient (Wildman–Crippen LogP) is 3.80. The van der Waals surface area contributed by atoms with Gasteiger partial charge in [0.15, 0.2) is 5.82 Å². The van der Waals surface area contributed by atoms with Crippen LogP contribution in [0.2, 0.25) is 5.02 Å². The third-order valence-corrected chi connectivity index (χ3v) is 8.22. The highest BCUT2D eigenvalue weighted by molar-refractivity contribution is 7.89. The number of aromatic nitrogens is 3. The molecule has 8 nitrogen and oxygen atoms in total. The molecule has 5 rings (SSSR count). The van der Waals surface area contributed by atoms with Crippen molar-refractivity contribution in [3.05, 3.63) is 83.4 Å². The lowest BCUT2D eigenvalue weighted by molar-refractivity contribution is 0.0696. The first-order valence-electron chi connectivity index (χ1n) is 11.1. The van der Waals surface area contributed by atoms with Gasteiger partial charge in [0.25, 0.3) is 5.91 Å². The molecule has 0 saturated carbocycles. The molecule has 0 radical (unpaired) electrons. The first-order chi connectivity index (χ1) is 16.8. The maximum absolute atomic E-state index is 13.2. The number of fused-ring (bicyclic) bond motifs is 1. The molecule has 178 valence electrons. The second-order valence-corrected chi connectivity index (χ2v) is 10.7. The van der Waals surface area contributed by atoms with E-state index >= 15 is 0 Å². The van der Waals surface area contributed by atoms with Crippen molar-refractivity contribution in [3.63, 3.8) is 0 Å². The van der Waals surface area contributed by atoms with Gasteiger partial charge in [-0.05, 0) is 54.1 Å². The van der Waals surface area contributed by atoms with Crippen molar-refractivity contribution in [2.45, 2.75) is 11.8 Å². The molecule has 0 bridgehead atoms. The van der Waals surface area contributed by atoms with Crippen LogP contribution in [0, 0.1) is 6.92 Å². The normalized spacial score (nSPS) is 14.9. The fraction of sp³-hybridized carbons (Fsp3) is 0.200. The summed E-state index contributed by atoms with van der Waals surface area (Å²) in [6.07, 6.45) is 4.85. The summed E-state index contributed by atoms with van der Waals surface area (Å²) in [6, 6.07) is 14.0. The number of benzene rings is 2. The van der Waals surface area contributed by atoms with Crippen LogP contribution in [-0.4, -0.2) is 64.7 Å². The van der Waals surface area contributed by atoms with Gasteiger partial charge < -0.3 is 4.90 Å². The monoisotopic (exact) mass is 507 g/mol. The molecule has 1 amide bonds. The number of hydrogen-bond donors (Lipinski definition) is 0. The summed E-state index contributed by atoms with van der Waals surface area (Å²) < 4.78 is 27.9. The Balaban J connectivity index is 1.29. The standard InChI is InChI=1S/C25H22ClN5O3S/c1-17-23(16-28-24(29-17)18-6-8-27-9-7-18)25(32)30-10-12-31(13-11-30)35(33,34)22-5-3-19-14-21(26)4-2-20(19)15-22/h2-9,14-16H,10-13H2,1H3. The van der Waals surface area contributed by atoms with E-state index in [2.05, 4.69) is 15.0 Å². The van der Waals surface area contributed by atoms with Crippen LogP contribution in [0.1, 0.15) is 16.1 Å². The average Bonchev–Trinajstić information content (AvgIpc) is 2.88. The molecule has 0 N–H and O–H groups in total. The van der Waals surface area contributed by atoms with Gasteiger partial charge in [-0.1, -0.05) is 23.7 Å². The number of hydrogen-bond acceptors (Lipinski definition) is 6. The molecule has 0 spiro atoms. The van der Waals surface area contributed by atoms with E-state index < -0.39 is 10.0 Å². The molecule has 0 unspecified atom stereocenters. The summed E-state index contributed by atoms with van der Waals surface area (Å²) in [7, 11) is -3.69. The highest BCUT2D eigenvalue weighted by atomic mass is 35.5. The van der Waals surface area contributed by atoms with Gasteiger partial charge in [-0.3, -0.25) is 9.78 Å². The van der Waals surface area contributed by atoms with Crippen molar-refractivity contribution in [2.24, 2.45) is 0 Å². The molecule has 1 aliphatic rings. The number of rotatable bonds is 4. The molecule has 1 aliphatic heterocycles. The van der Waals surface area contributed by atoms with Crippen molar-refractivity contribution in [2.75, 3.05) is 26.2 Å². The average molecular weight is 508 g/mol. The minimum Gasteiger partial charge on any atom is -0.336 e. The van der Waals surface area contributed by atoms with Crippen molar-refractivity contribution >= 4 is 38.3 Å². The number of pyridine rings is 1. The minimum absolute atomic E-state index is 0.205. The summed E-state index contributed by atoms with van der Waals surface area (Å²) in [5.41, 5.74) is 1.80. The number of piperazine rings is 1. The number of carbonyl (C=O) groups excluding carboxylic acids is 1. The summed E-state index contributed by atoms with van der Waals surface area (Å²) in [6.45, 7) is 2.76. The van der Waals surface area contributed by atoms with Crippen LogP contribution in [0.25, 0.3) is 22.2 Å². The zero-order valence-corrected chi connectivity index (χ0v) is 20.5. The molecule has 2 aromatic carbocycles. The second-order valence-electron chi connectivity index (χ2n) is 8.28. The Labute approximate surface area is 208 Å². The quantitative estimate of drug-likeness (QED) is 0.417. The van der Waals surface area contributed by atoms with E-state index in [1.54, 1.807) is 72.7 Å². The van der Waals surface area contributed by atoms with Gasteiger partial charge in [-0.2, -0.15) is 4.31 Å². The molecule has 4 aromatic rings. The molecular weight excluding hydrogens is 486 g/mol. The summed E-state index contributed by atoms with van der Waals surface area (Å²) in [5, 5.41) is 2.27. The second kappa shape index (κ2) is 9.33. The number of aryl methyl sites for hydroxylation is 1. The Morgan fingerprint density at radius 3 is 2.34 bits per heavy atom. The highest BCUT2D eigenvalue weighted by Gasteiger charge is 2.31. The van der Waals surface area contributed by atoms with Crippen molar-refractivity contribution in [1.29, 1.82) is 0 Å². The van der Waals surface area contributed by atoms with E-state index in [4.69, 9.17) is 11.6 Å². The van der Waals surface area contributed by atoms with E-state index in [1.807, 2.05) is 0 Å². The van der Waals surface area contributed by atoms with Crippen LogP contribution in [0.4, 0.5) is 0 Å². The van der Waals surface area contributed by atoms with Crippen molar-refractivity contribution in [3.8, 4) is 11.4 Å². The fourth-order valence-electron chi connectivity index (χ4n) is 4.12. The molecular formula is C25H22ClN5O3S. The van der Waals surface area contributed by atoms with E-state index in [0.717, 1.165) is 16.3 Å². The molecule has 0 atom stereocenters. The zero-order valence-electron chi connectivity index (χ0n) is 18.9. The van der Waals surface area contributed by atoms with Gasteiger partial charge >= 0.3 is 0 Å². The Hall–Kier alpha value is -3.40. The molecule has 35 heavy (non-hydrogen) atoms. The fourth-order valence-corrected chi connectivity index (χ4v) is 5.76. The lowest BCUT2D eigenvalue weighted by atomic mass is 10.1. The van der Waals surface area contributed by atoms with E-state index in [0.29, 0.717) is 22.1 Å². The molecule has 2 aromatic heterocycles. The number of nitrogens with zero attached hydrogens (tertiary/aromatic N) is 5. The van der Waals surface area contributed by atoms with E-state index in [9.17, 15) is 13.2 Å². The molecule has 3 heterocycles. The molecule has 1 saturated heterocycles. The first kappa shape index (κ1) is 23.3. The van der Waals surface area contributed by atoms with Crippen LogP contribution in [0.3, 0.4) is 0 Å². The number of sulfonamides is 1. The molecule has 0 aliphatic carbocycles. The van der Waals surface area contributed by atoms with Gasteiger partial charge in [0.05, 0.1) is 16.2 Å². The van der Waals surface area contributed by atoms with Gasteiger partial charge in [0.1, 0.15) is 0 Å². The summed E-state index contributed by atoms with van der Waals surface area (Å²) in [4.78, 5) is 27.8. The maximum atomic E-state index is 13.2. The predicted molar refractivity (Wildman–Crippen MR) is 134 cm³/mol. The van der Waals surface area contributed by atoms with E-state index in [-0.39, 0.29) is 37.0 Å². The van der Waals surface area contributed by atoms with Gasteiger partial charge in [-0.25, -0.2) is 18.4 Å². The number of halogens is 1. The maximum Gasteiger partial charge on any atom is 0.257 e. The number of carbonyl (C=O) groups is 1. The van der Waals surface area contributed by atoms with Crippen LogP contribution >= 0.6 is 11.6 Å². The highest BCUT2D eigenvalue weighted by Crippen LogP contribution is 2.25. The summed E-state index contributed by atoms with van der Waals surface area (Å²) >= 11 is 6.03. The molecule has 10 heteroatoms. The van der Waals surface area contributed by atoms with E-state index in [1.165, 1.54) is 10.5 Å². The zero-order chi connectivity index (χ0) is 24.6. The van der Waals surface area contributed by atoms with Crippen LogP contribution in [0.5, 0.6) is 0 Å². The third kappa shape index (κ3) is 4.62.